The van der Waals surface area contributed by atoms with Crippen molar-refractivity contribution in [2.45, 2.75) is 10.7 Å². The van der Waals surface area contributed by atoms with Crippen LogP contribution in [0.15, 0.2) is 0 Å². The molecule has 0 aliphatic heterocycles. The van der Waals surface area contributed by atoms with Crippen LogP contribution in [0.5, 0.6) is 0 Å². The average molecular weight is 269 g/mol. The summed E-state index contributed by atoms with van der Waals surface area (Å²) < 4.78 is 3.55. The minimum Gasteiger partial charge on any atom is -0.377 e. The van der Waals surface area contributed by atoms with Gasteiger partial charge < -0.3 is 4.74 Å². The van der Waals surface area contributed by atoms with E-state index in [2.05, 4.69) is 0 Å². The summed E-state index contributed by atoms with van der Waals surface area (Å²) in [6, 6.07) is 0. The van der Waals surface area contributed by atoms with Gasteiger partial charge in [-0.3, -0.25) is 0 Å². The molecule has 0 heterocycles. The quantitative estimate of drug-likeness (QED) is 0.699. The third-order valence-electron chi connectivity index (χ3n) is 0.470. The fraction of sp³-hybridized carbons (Fsp3) is 1.00. The number of halogens is 3. The zero-order chi connectivity index (χ0) is 6.62. The second-order valence-corrected chi connectivity index (χ2v) is 3.77. The predicted octanol–water partition coefficient (Wildman–Crippen LogP) is 2.39. The SMILES string of the molecule is CCOCC(Cl)(Cl)Cl.[Zr]. The third-order valence-corrected chi connectivity index (χ3v) is 0.797. The Balaban J connectivity index is 0. The molecule has 1 nitrogen and oxygen atoms in total. The van der Waals surface area contributed by atoms with Crippen LogP contribution in [-0.2, 0) is 30.9 Å². The number of hydrogen-bond acceptors (Lipinski definition) is 1. The van der Waals surface area contributed by atoms with E-state index in [4.69, 9.17) is 39.5 Å². The number of rotatable bonds is 2. The van der Waals surface area contributed by atoms with Crippen LogP contribution in [-0.4, -0.2) is 17.0 Å². The molecule has 54 valence electrons. The van der Waals surface area contributed by atoms with Crippen molar-refractivity contribution in [3.05, 3.63) is 0 Å². The average Bonchev–Trinajstić information content (AvgIpc) is 1.59. The topological polar surface area (TPSA) is 9.23 Å². The molecule has 9 heavy (non-hydrogen) atoms. The summed E-state index contributed by atoms with van der Waals surface area (Å²) in [4.78, 5) is 0. The Hall–Kier alpha value is 1.71. The van der Waals surface area contributed by atoms with Crippen molar-refractivity contribution >= 4 is 34.8 Å². The van der Waals surface area contributed by atoms with Gasteiger partial charge in [0.15, 0.2) is 0 Å². The van der Waals surface area contributed by atoms with Gasteiger partial charge in [-0.15, -0.1) is 0 Å². The maximum Gasteiger partial charge on any atom is 0.213 e. The minimum absolute atomic E-state index is 0. The largest absolute Gasteiger partial charge is 0.377 e. The molecule has 0 aliphatic carbocycles. The Morgan fingerprint density at radius 2 is 1.78 bits per heavy atom. The molecule has 5 heteroatoms. The van der Waals surface area contributed by atoms with Gasteiger partial charge in [-0.2, -0.15) is 0 Å². The molecule has 0 radical (unpaired) electrons. The molecule has 0 saturated carbocycles. The van der Waals surface area contributed by atoms with Gasteiger partial charge in [0.05, 0.1) is 6.61 Å². The first-order valence-corrected chi connectivity index (χ1v) is 3.34. The van der Waals surface area contributed by atoms with Crippen LogP contribution in [0.1, 0.15) is 6.92 Å². The van der Waals surface area contributed by atoms with Gasteiger partial charge in [-0.25, -0.2) is 0 Å². The molecule has 0 rings (SSSR count). The van der Waals surface area contributed by atoms with E-state index >= 15 is 0 Å². The Bertz CT molecular complexity index is 63.3. The molecule has 0 N–H and O–H groups in total. The Morgan fingerprint density at radius 3 is 1.89 bits per heavy atom. The second-order valence-electron chi connectivity index (χ2n) is 1.25. The monoisotopic (exact) mass is 266 g/mol. The molecule has 0 aromatic rings. The van der Waals surface area contributed by atoms with E-state index in [-0.39, 0.29) is 32.8 Å². The molecule has 0 atom stereocenters. The predicted molar refractivity (Wildman–Crippen MR) is 36.8 cm³/mol. The molecule has 0 fully saturated rings. The summed E-state index contributed by atoms with van der Waals surface area (Å²) in [7, 11) is 0. The molecule has 0 aliphatic rings. The maximum absolute atomic E-state index is 5.32. The van der Waals surface area contributed by atoms with Crippen LogP contribution in [0.2, 0.25) is 0 Å². The van der Waals surface area contributed by atoms with Crippen LogP contribution in [0.3, 0.4) is 0 Å². The molecular weight excluding hydrogens is 262 g/mol. The summed E-state index contributed by atoms with van der Waals surface area (Å²) in [5.41, 5.74) is 0. The molecule has 0 bridgehead atoms. The van der Waals surface area contributed by atoms with Gasteiger partial charge in [0.25, 0.3) is 0 Å². The van der Waals surface area contributed by atoms with Crippen molar-refractivity contribution in [3.8, 4) is 0 Å². The van der Waals surface area contributed by atoms with Crippen LogP contribution >= 0.6 is 34.8 Å². The summed E-state index contributed by atoms with van der Waals surface area (Å²) in [6.07, 6.45) is 0. The van der Waals surface area contributed by atoms with Gasteiger partial charge in [-0.05, 0) is 6.92 Å². The number of hydrogen-bond donors (Lipinski definition) is 0. The van der Waals surface area contributed by atoms with Crippen molar-refractivity contribution in [1.82, 2.24) is 0 Å². The van der Waals surface area contributed by atoms with E-state index in [1.165, 1.54) is 0 Å². The van der Waals surface area contributed by atoms with Crippen molar-refractivity contribution in [3.63, 3.8) is 0 Å². The fourth-order valence-electron chi connectivity index (χ4n) is 0.218. The second kappa shape index (κ2) is 6.43. The zero-order valence-electron chi connectivity index (χ0n) is 4.96. The molecule has 0 saturated heterocycles. The maximum atomic E-state index is 5.32. The normalized spacial score (nSPS) is 10.7. The summed E-state index contributed by atoms with van der Waals surface area (Å²) >= 11 is 16.0. The van der Waals surface area contributed by atoms with E-state index in [1.54, 1.807) is 0 Å². The van der Waals surface area contributed by atoms with Gasteiger partial charge >= 0.3 is 0 Å². The first kappa shape index (κ1) is 13.3. The van der Waals surface area contributed by atoms with Crippen LogP contribution in [0, 0.1) is 0 Å². The summed E-state index contributed by atoms with van der Waals surface area (Å²) in [5, 5.41) is 0. The van der Waals surface area contributed by atoms with Crippen LogP contribution < -0.4 is 0 Å². The van der Waals surface area contributed by atoms with E-state index < -0.39 is 3.79 Å². The smallest absolute Gasteiger partial charge is 0.213 e. The molecule has 0 amide bonds. The summed E-state index contributed by atoms with van der Waals surface area (Å²) in [6.45, 7) is 2.58. The standard InChI is InChI=1S/C4H7Cl3O.Zr/c1-2-8-3-4(5,6)7;/h2-3H2,1H3;. The van der Waals surface area contributed by atoms with Gasteiger partial charge in [0.1, 0.15) is 0 Å². The van der Waals surface area contributed by atoms with Crippen molar-refractivity contribution < 1.29 is 30.9 Å². The van der Waals surface area contributed by atoms with E-state index in [1.807, 2.05) is 6.92 Å². The van der Waals surface area contributed by atoms with Crippen LogP contribution in [0.4, 0.5) is 0 Å². The van der Waals surface area contributed by atoms with Gasteiger partial charge in [-0.1, -0.05) is 34.8 Å². The number of ether oxygens (including phenoxy) is 1. The first-order valence-electron chi connectivity index (χ1n) is 2.20. The fourth-order valence-corrected chi connectivity index (χ4v) is 0.449. The Kier molecular flexibility index (Phi) is 9.50. The zero-order valence-corrected chi connectivity index (χ0v) is 9.68. The molecule has 0 unspecified atom stereocenters. The first-order chi connectivity index (χ1) is 3.56. The van der Waals surface area contributed by atoms with E-state index in [9.17, 15) is 0 Å². The van der Waals surface area contributed by atoms with Crippen molar-refractivity contribution in [1.29, 1.82) is 0 Å². The minimum atomic E-state index is -1.25. The molecule has 0 spiro atoms. The van der Waals surface area contributed by atoms with Gasteiger partial charge in [0.2, 0.25) is 3.79 Å². The molecular formula is C4H7Cl3OZr. The van der Waals surface area contributed by atoms with E-state index in [0.717, 1.165) is 0 Å². The van der Waals surface area contributed by atoms with Crippen LogP contribution in [0.25, 0.3) is 0 Å². The van der Waals surface area contributed by atoms with Crippen molar-refractivity contribution in [2.75, 3.05) is 13.2 Å². The molecule has 0 aromatic heterocycles. The molecule has 0 aromatic carbocycles. The number of alkyl halides is 3. The Morgan fingerprint density at radius 1 is 1.33 bits per heavy atom. The van der Waals surface area contributed by atoms with Crippen molar-refractivity contribution in [2.24, 2.45) is 0 Å². The third kappa shape index (κ3) is 12.8. The summed E-state index contributed by atoms with van der Waals surface area (Å²) in [5.74, 6) is 0. The Labute approximate surface area is 89.1 Å². The van der Waals surface area contributed by atoms with E-state index in [0.29, 0.717) is 6.61 Å². The van der Waals surface area contributed by atoms with Gasteiger partial charge in [0, 0.05) is 32.8 Å².